The predicted molar refractivity (Wildman–Crippen MR) is 111 cm³/mol. The number of para-hydroxylation sites is 1. The number of ether oxygens (including phenoxy) is 1. The van der Waals surface area contributed by atoms with Crippen LogP contribution in [0, 0.1) is 0 Å². The molecule has 0 fully saturated rings. The van der Waals surface area contributed by atoms with Gasteiger partial charge in [-0.15, -0.1) is 0 Å². The molecule has 0 unspecified atom stereocenters. The summed E-state index contributed by atoms with van der Waals surface area (Å²) in [7, 11) is 0. The van der Waals surface area contributed by atoms with Gasteiger partial charge in [0, 0.05) is 5.69 Å². The molecular weight excluding hydrogens is 330 g/mol. The molecule has 0 saturated carbocycles. The summed E-state index contributed by atoms with van der Waals surface area (Å²) in [5.41, 5.74) is 3.51. The van der Waals surface area contributed by atoms with Crippen LogP contribution in [0.3, 0.4) is 0 Å². The van der Waals surface area contributed by atoms with E-state index in [2.05, 4.69) is 66.0 Å². The number of anilines is 1. The minimum absolute atomic E-state index is 0.0910. The Bertz CT molecular complexity index is 912. The Morgan fingerprint density at radius 2 is 0.926 bits per heavy atom. The van der Waals surface area contributed by atoms with Crippen LogP contribution >= 0.6 is 0 Å². The lowest BCUT2D eigenvalue weighted by Gasteiger charge is -2.21. The first-order valence-corrected chi connectivity index (χ1v) is 9.08. The molecule has 4 aromatic rings. The van der Waals surface area contributed by atoms with Crippen molar-refractivity contribution in [3.63, 3.8) is 0 Å². The number of hydrogen-bond acceptors (Lipinski definition) is 2. The van der Waals surface area contributed by atoms with E-state index in [0.29, 0.717) is 0 Å². The second kappa shape index (κ2) is 8.24. The van der Waals surface area contributed by atoms with E-state index in [9.17, 15) is 0 Å². The van der Waals surface area contributed by atoms with Gasteiger partial charge in [0.2, 0.25) is 0 Å². The summed E-state index contributed by atoms with van der Waals surface area (Å²) >= 11 is 0. The third-order valence-electron chi connectivity index (χ3n) is 4.41. The van der Waals surface area contributed by atoms with Crippen molar-refractivity contribution in [3.8, 4) is 11.5 Å². The predicted octanol–water partition coefficient (Wildman–Crippen LogP) is 6.68. The van der Waals surface area contributed by atoms with Crippen molar-refractivity contribution in [1.29, 1.82) is 0 Å². The normalized spacial score (nSPS) is 10.6. The van der Waals surface area contributed by atoms with Gasteiger partial charge in [-0.1, -0.05) is 78.9 Å². The van der Waals surface area contributed by atoms with Crippen LogP contribution in [-0.4, -0.2) is 0 Å². The van der Waals surface area contributed by atoms with Crippen LogP contribution < -0.4 is 10.1 Å². The Kier molecular flexibility index (Phi) is 5.16. The molecule has 0 aromatic heterocycles. The van der Waals surface area contributed by atoms with Crippen molar-refractivity contribution in [3.05, 3.63) is 126 Å². The van der Waals surface area contributed by atoms with Crippen molar-refractivity contribution in [1.82, 2.24) is 0 Å². The molecular formula is C25H21NO. The number of hydrogen-bond donors (Lipinski definition) is 1. The van der Waals surface area contributed by atoms with Gasteiger partial charge in [0.15, 0.2) is 0 Å². The fraction of sp³-hybridized carbons (Fsp3) is 0.0400. The molecule has 0 saturated heterocycles. The third-order valence-corrected chi connectivity index (χ3v) is 4.41. The number of rotatable bonds is 6. The van der Waals surface area contributed by atoms with Gasteiger partial charge in [-0.2, -0.15) is 0 Å². The summed E-state index contributed by atoms with van der Waals surface area (Å²) < 4.78 is 5.88. The molecule has 0 heterocycles. The topological polar surface area (TPSA) is 21.3 Å². The van der Waals surface area contributed by atoms with Crippen LogP contribution in [0.15, 0.2) is 115 Å². The number of benzene rings is 4. The highest BCUT2D eigenvalue weighted by atomic mass is 16.5. The van der Waals surface area contributed by atoms with Crippen LogP contribution in [0.2, 0.25) is 0 Å². The molecule has 2 heteroatoms. The van der Waals surface area contributed by atoms with Crippen molar-refractivity contribution < 1.29 is 4.74 Å². The van der Waals surface area contributed by atoms with E-state index in [1.165, 1.54) is 11.1 Å². The van der Waals surface area contributed by atoms with E-state index < -0.39 is 0 Å². The van der Waals surface area contributed by atoms with Gasteiger partial charge in [0.05, 0.1) is 6.04 Å². The average Bonchev–Trinajstić information content (AvgIpc) is 2.75. The summed E-state index contributed by atoms with van der Waals surface area (Å²) in [6, 6.07) is 39.0. The molecule has 0 atom stereocenters. The van der Waals surface area contributed by atoms with Gasteiger partial charge in [-0.3, -0.25) is 0 Å². The highest BCUT2D eigenvalue weighted by Gasteiger charge is 2.13. The van der Waals surface area contributed by atoms with Gasteiger partial charge in [0.25, 0.3) is 0 Å². The van der Waals surface area contributed by atoms with Crippen molar-refractivity contribution in [2.75, 3.05) is 5.32 Å². The van der Waals surface area contributed by atoms with Crippen LogP contribution in [0.5, 0.6) is 11.5 Å². The smallest absolute Gasteiger partial charge is 0.127 e. The van der Waals surface area contributed by atoms with Gasteiger partial charge < -0.3 is 10.1 Å². The second-order valence-corrected chi connectivity index (χ2v) is 6.34. The van der Waals surface area contributed by atoms with Gasteiger partial charge in [-0.25, -0.2) is 0 Å². The molecule has 4 rings (SSSR count). The molecule has 1 N–H and O–H groups in total. The summed E-state index contributed by atoms with van der Waals surface area (Å²) in [6.07, 6.45) is 0. The third kappa shape index (κ3) is 4.36. The molecule has 2 nitrogen and oxygen atoms in total. The minimum Gasteiger partial charge on any atom is -0.457 e. The zero-order valence-corrected chi connectivity index (χ0v) is 15.0. The van der Waals surface area contributed by atoms with Crippen LogP contribution in [0.25, 0.3) is 0 Å². The molecule has 0 spiro atoms. The Balaban J connectivity index is 1.55. The fourth-order valence-corrected chi connectivity index (χ4v) is 3.06. The quantitative estimate of drug-likeness (QED) is 0.418. The summed E-state index contributed by atoms with van der Waals surface area (Å²) in [4.78, 5) is 0. The second-order valence-electron chi connectivity index (χ2n) is 6.34. The SMILES string of the molecule is c1ccc(Oc2ccc(NC(c3ccccc3)c3ccccc3)cc2)cc1. The minimum atomic E-state index is 0.0910. The maximum Gasteiger partial charge on any atom is 0.127 e. The maximum absolute atomic E-state index is 5.88. The Labute approximate surface area is 160 Å². The highest BCUT2D eigenvalue weighted by molar-refractivity contribution is 5.51. The fourth-order valence-electron chi connectivity index (χ4n) is 3.06. The lowest BCUT2D eigenvalue weighted by atomic mass is 9.98. The molecule has 0 amide bonds. The van der Waals surface area contributed by atoms with Crippen molar-refractivity contribution >= 4 is 5.69 Å². The molecule has 0 aliphatic rings. The summed E-state index contributed by atoms with van der Waals surface area (Å²) in [5, 5.41) is 3.65. The largest absolute Gasteiger partial charge is 0.457 e. The Morgan fingerprint density at radius 3 is 1.44 bits per heavy atom. The first kappa shape index (κ1) is 16.9. The van der Waals surface area contributed by atoms with E-state index in [1.54, 1.807) is 0 Å². The molecule has 132 valence electrons. The maximum atomic E-state index is 5.88. The van der Waals surface area contributed by atoms with Crippen molar-refractivity contribution in [2.24, 2.45) is 0 Å². The van der Waals surface area contributed by atoms with Crippen LogP contribution in [0.1, 0.15) is 17.2 Å². The van der Waals surface area contributed by atoms with E-state index in [4.69, 9.17) is 4.74 Å². The monoisotopic (exact) mass is 351 g/mol. The van der Waals surface area contributed by atoms with Gasteiger partial charge >= 0.3 is 0 Å². The Hall–Kier alpha value is -3.52. The van der Waals surface area contributed by atoms with Crippen molar-refractivity contribution in [2.45, 2.75) is 6.04 Å². The first-order valence-electron chi connectivity index (χ1n) is 9.08. The van der Waals surface area contributed by atoms with E-state index in [1.807, 2.05) is 54.6 Å². The van der Waals surface area contributed by atoms with Gasteiger partial charge in [0.1, 0.15) is 11.5 Å². The van der Waals surface area contributed by atoms with Crippen LogP contribution in [0.4, 0.5) is 5.69 Å². The molecule has 0 aliphatic heterocycles. The molecule has 0 bridgehead atoms. The number of nitrogens with one attached hydrogen (secondary N) is 1. The zero-order chi connectivity index (χ0) is 18.3. The average molecular weight is 351 g/mol. The lowest BCUT2D eigenvalue weighted by molar-refractivity contribution is 0.483. The Morgan fingerprint density at radius 1 is 0.481 bits per heavy atom. The van der Waals surface area contributed by atoms with Gasteiger partial charge in [-0.05, 0) is 47.5 Å². The summed E-state index contributed by atoms with van der Waals surface area (Å²) in [5.74, 6) is 1.66. The lowest BCUT2D eigenvalue weighted by Crippen LogP contribution is -2.12. The standard InChI is InChI=1S/C25H21NO/c1-4-10-20(11-5-1)25(21-12-6-2-7-13-21)26-22-16-18-24(19-17-22)27-23-14-8-3-9-15-23/h1-19,25-26H. The zero-order valence-electron chi connectivity index (χ0n) is 15.0. The molecule has 0 aliphatic carbocycles. The highest BCUT2D eigenvalue weighted by Crippen LogP contribution is 2.28. The van der Waals surface area contributed by atoms with Crippen LogP contribution in [-0.2, 0) is 0 Å². The van der Waals surface area contributed by atoms with E-state index >= 15 is 0 Å². The molecule has 27 heavy (non-hydrogen) atoms. The van der Waals surface area contributed by atoms with E-state index in [-0.39, 0.29) is 6.04 Å². The molecule has 0 radical (unpaired) electrons. The summed E-state index contributed by atoms with van der Waals surface area (Å²) in [6.45, 7) is 0. The van der Waals surface area contributed by atoms with E-state index in [0.717, 1.165) is 17.2 Å². The first-order chi connectivity index (χ1) is 13.4. The molecule has 4 aromatic carbocycles.